The molecule has 1 aromatic heterocycles. The number of amides is 1. The molecule has 0 aliphatic carbocycles. The molecule has 0 radical (unpaired) electrons. The summed E-state index contributed by atoms with van der Waals surface area (Å²) in [7, 11) is 3.97. The molecule has 3 rings (SSSR count). The Morgan fingerprint density at radius 1 is 0.923 bits per heavy atom. The first kappa shape index (κ1) is 17.7. The van der Waals surface area contributed by atoms with E-state index in [2.05, 4.69) is 20.6 Å². The van der Waals surface area contributed by atoms with Gasteiger partial charge in [0.05, 0.1) is 5.56 Å². The van der Waals surface area contributed by atoms with Crippen LogP contribution in [0, 0.1) is 0 Å². The molecule has 0 aliphatic rings. The van der Waals surface area contributed by atoms with Crippen LogP contribution in [0.15, 0.2) is 60.9 Å². The fourth-order valence-electron chi connectivity index (χ4n) is 2.22. The number of anilines is 4. The zero-order valence-electron chi connectivity index (χ0n) is 14.4. The van der Waals surface area contributed by atoms with Crippen molar-refractivity contribution in [3.63, 3.8) is 0 Å². The molecular formula is C19H18ClN5O. The molecule has 6 nitrogen and oxygen atoms in total. The molecule has 0 aliphatic heterocycles. The van der Waals surface area contributed by atoms with Gasteiger partial charge in [-0.1, -0.05) is 11.6 Å². The fourth-order valence-corrected chi connectivity index (χ4v) is 2.34. The molecule has 1 heterocycles. The first-order valence-electron chi connectivity index (χ1n) is 7.94. The van der Waals surface area contributed by atoms with Gasteiger partial charge in [-0.3, -0.25) is 4.79 Å². The Labute approximate surface area is 156 Å². The van der Waals surface area contributed by atoms with Crippen LogP contribution in [-0.2, 0) is 0 Å². The van der Waals surface area contributed by atoms with E-state index in [1.54, 1.807) is 24.3 Å². The Bertz CT molecular complexity index is 877. The Balaban J connectivity index is 1.64. The third-order valence-corrected chi connectivity index (χ3v) is 3.91. The lowest BCUT2D eigenvalue weighted by Gasteiger charge is -2.13. The Morgan fingerprint density at radius 2 is 1.50 bits per heavy atom. The molecule has 0 saturated heterocycles. The summed E-state index contributed by atoms with van der Waals surface area (Å²) in [6.07, 6.45) is 2.96. The van der Waals surface area contributed by atoms with Crippen LogP contribution in [-0.4, -0.2) is 30.0 Å². The largest absolute Gasteiger partial charge is 0.378 e. The van der Waals surface area contributed by atoms with Gasteiger partial charge in [-0.05, 0) is 48.5 Å². The first-order valence-corrected chi connectivity index (χ1v) is 8.32. The van der Waals surface area contributed by atoms with Crippen molar-refractivity contribution in [3.05, 3.63) is 71.5 Å². The van der Waals surface area contributed by atoms with Crippen molar-refractivity contribution in [3.8, 4) is 0 Å². The van der Waals surface area contributed by atoms with Crippen LogP contribution < -0.4 is 15.5 Å². The number of carbonyl (C=O) groups is 1. The van der Waals surface area contributed by atoms with Gasteiger partial charge in [-0.2, -0.15) is 0 Å². The Hall–Kier alpha value is -3.12. The monoisotopic (exact) mass is 367 g/mol. The molecule has 0 bridgehead atoms. The van der Waals surface area contributed by atoms with Crippen molar-refractivity contribution in [2.75, 3.05) is 29.6 Å². The van der Waals surface area contributed by atoms with E-state index < -0.39 is 0 Å². The number of hydrogen-bond acceptors (Lipinski definition) is 5. The number of aromatic nitrogens is 2. The molecular weight excluding hydrogens is 350 g/mol. The second kappa shape index (κ2) is 7.84. The SMILES string of the molecule is CN(C)c1ccc(Nc2ncc(C(=O)Nc3ccc(Cl)cc3)cn2)cc1. The number of halogens is 1. The third-order valence-electron chi connectivity index (χ3n) is 3.66. The lowest BCUT2D eigenvalue weighted by atomic mass is 10.2. The highest BCUT2D eigenvalue weighted by molar-refractivity contribution is 6.30. The maximum Gasteiger partial charge on any atom is 0.258 e. The average Bonchev–Trinajstić information content (AvgIpc) is 2.64. The molecule has 7 heteroatoms. The van der Waals surface area contributed by atoms with Crippen molar-refractivity contribution in [1.82, 2.24) is 9.97 Å². The van der Waals surface area contributed by atoms with Crippen molar-refractivity contribution >= 4 is 40.5 Å². The summed E-state index contributed by atoms with van der Waals surface area (Å²) in [5.41, 5.74) is 3.00. The minimum atomic E-state index is -0.283. The van der Waals surface area contributed by atoms with E-state index >= 15 is 0 Å². The lowest BCUT2D eigenvalue weighted by Crippen LogP contribution is -2.13. The van der Waals surface area contributed by atoms with Crippen LogP contribution in [0.3, 0.4) is 0 Å². The van der Waals surface area contributed by atoms with Crippen LogP contribution in [0.25, 0.3) is 0 Å². The molecule has 0 unspecified atom stereocenters. The van der Waals surface area contributed by atoms with Crippen molar-refractivity contribution < 1.29 is 4.79 Å². The second-order valence-electron chi connectivity index (χ2n) is 5.82. The summed E-state index contributed by atoms with van der Waals surface area (Å²) in [4.78, 5) is 22.6. The molecule has 2 aromatic carbocycles. The van der Waals surface area contributed by atoms with Gasteiger partial charge in [0.1, 0.15) is 0 Å². The highest BCUT2D eigenvalue weighted by atomic mass is 35.5. The number of nitrogens with zero attached hydrogens (tertiary/aromatic N) is 3. The van der Waals surface area contributed by atoms with E-state index in [0.29, 0.717) is 22.2 Å². The second-order valence-corrected chi connectivity index (χ2v) is 6.26. The lowest BCUT2D eigenvalue weighted by molar-refractivity contribution is 0.102. The molecule has 1 amide bonds. The van der Waals surface area contributed by atoms with Gasteiger partial charge in [0.25, 0.3) is 5.91 Å². The number of carbonyl (C=O) groups excluding carboxylic acids is 1. The maximum atomic E-state index is 12.2. The van der Waals surface area contributed by atoms with Crippen LogP contribution in [0.4, 0.5) is 23.0 Å². The van der Waals surface area contributed by atoms with Gasteiger partial charge in [-0.15, -0.1) is 0 Å². The topological polar surface area (TPSA) is 70.2 Å². The molecule has 0 spiro atoms. The minimum Gasteiger partial charge on any atom is -0.378 e. The molecule has 0 fully saturated rings. The summed E-state index contributed by atoms with van der Waals surface area (Å²) in [5, 5.41) is 6.49. The van der Waals surface area contributed by atoms with Gasteiger partial charge in [0.2, 0.25) is 5.95 Å². The number of rotatable bonds is 5. The molecule has 0 atom stereocenters. The van der Waals surface area contributed by atoms with Crippen molar-refractivity contribution in [2.45, 2.75) is 0 Å². The number of benzene rings is 2. The highest BCUT2D eigenvalue weighted by Gasteiger charge is 2.08. The number of hydrogen-bond donors (Lipinski definition) is 2. The van der Waals surface area contributed by atoms with Gasteiger partial charge < -0.3 is 15.5 Å². The van der Waals surface area contributed by atoms with E-state index in [0.717, 1.165) is 11.4 Å². The fraction of sp³-hybridized carbons (Fsp3) is 0.105. The maximum absolute atomic E-state index is 12.2. The van der Waals surface area contributed by atoms with Gasteiger partial charge in [0, 0.05) is 48.6 Å². The summed E-state index contributed by atoms with van der Waals surface area (Å²) in [6.45, 7) is 0. The summed E-state index contributed by atoms with van der Waals surface area (Å²) in [5.74, 6) is 0.139. The van der Waals surface area contributed by atoms with E-state index in [1.807, 2.05) is 43.3 Å². The minimum absolute atomic E-state index is 0.283. The van der Waals surface area contributed by atoms with Gasteiger partial charge in [-0.25, -0.2) is 9.97 Å². The van der Waals surface area contributed by atoms with Gasteiger partial charge in [0.15, 0.2) is 0 Å². The zero-order valence-corrected chi connectivity index (χ0v) is 15.2. The standard InChI is InChI=1S/C19H18ClN5O/c1-25(2)17-9-7-16(8-10-17)24-19-21-11-13(12-22-19)18(26)23-15-5-3-14(20)4-6-15/h3-12H,1-2H3,(H,23,26)(H,21,22,24). The summed E-state index contributed by atoms with van der Waals surface area (Å²) < 4.78 is 0. The van der Waals surface area contributed by atoms with Crippen molar-refractivity contribution in [2.24, 2.45) is 0 Å². The van der Waals surface area contributed by atoms with Gasteiger partial charge >= 0.3 is 0 Å². The third kappa shape index (κ3) is 4.49. The smallest absolute Gasteiger partial charge is 0.258 e. The Morgan fingerprint density at radius 3 is 2.08 bits per heavy atom. The quantitative estimate of drug-likeness (QED) is 0.707. The molecule has 0 saturated carbocycles. The molecule has 3 aromatic rings. The average molecular weight is 368 g/mol. The van der Waals surface area contributed by atoms with Crippen LogP contribution in [0.2, 0.25) is 5.02 Å². The molecule has 26 heavy (non-hydrogen) atoms. The van der Waals surface area contributed by atoms with E-state index in [9.17, 15) is 4.79 Å². The van der Waals surface area contributed by atoms with Crippen LogP contribution in [0.1, 0.15) is 10.4 Å². The van der Waals surface area contributed by atoms with Crippen LogP contribution >= 0.6 is 11.6 Å². The van der Waals surface area contributed by atoms with Crippen LogP contribution in [0.5, 0.6) is 0 Å². The predicted molar refractivity (Wildman–Crippen MR) is 105 cm³/mol. The first-order chi connectivity index (χ1) is 12.5. The zero-order chi connectivity index (χ0) is 18.5. The van der Waals surface area contributed by atoms with E-state index in [-0.39, 0.29) is 5.91 Å². The predicted octanol–water partition coefficient (Wildman–Crippen LogP) is 4.19. The van der Waals surface area contributed by atoms with E-state index in [1.165, 1.54) is 12.4 Å². The number of nitrogens with one attached hydrogen (secondary N) is 2. The van der Waals surface area contributed by atoms with E-state index in [4.69, 9.17) is 11.6 Å². The normalized spacial score (nSPS) is 10.3. The van der Waals surface area contributed by atoms with Crippen molar-refractivity contribution in [1.29, 1.82) is 0 Å². The summed E-state index contributed by atoms with van der Waals surface area (Å²) in [6, 6.07) is 14.8. The Kier molecular flexibility index (Phi) is 5.34. The highest BCUT2D eigenvalue weighted by Crippen LogP contribution is 2.18. The summed E-state index contributed by atoms with van der Waals surface area (Å²) >= 11 is 5.83. The molecule has 2 N–H and O–H groups in total. The molecule has 132 valence electrons.